The molecular formula is C10H9BrClF2NO2. The van der Waals surface area contributed by atoms with Crippen LogP contribution in [0, 0.1) is 0 Å². The number of ether oxygens (including phenoxy) is 1. The molecule has 0 aliphatic heterocycles. The Kier molecular flexibility index (Phi) is 5.27. The summed E-state index contributed by atoms with van der Waals surface area (Å²) in [6, 6.07) is 0. The lowest BCUT2D eigenvalue weighted by molar-refractivity contribution is -0.142. The fourth-order valence-electron chi connectivity index (χ4n) is 1.23. The molecule has 0 spiro atoms. The third kappa shape index (κ3) is 3.61. The first-order chi connectivity index (χ1) is 7.97. The maximum absolute atomic E-state index is 12.7. The lowest BCUT2D eigenvalue weighted by Crippen LogP contribution is -2.11. The molecule has 0 N–H and O–H groups in total. The summed E-state index contributed by atoms with van der Waals surface area (Å²) in [6.07, 6.45) is -1.95. The maximum atomic E-state index is 12.7. The SMILES string of the molecule is CCOC(=O)Cc1c(C(F)F)ncc(Cl)c1Br. The Morgan fingerprint density at radius 2 is 2.29 bits per heavy atom. The molecule has 3 nitrogen and oxygen atoms in total. The Hall–Kier alpha value is -0.750. The number of rotatable bonds is 4. The molecule has 0 saturated heterocycles. The van der Waals surface area contributed by atoms with Gasteiger partial charge in [-0.2, -0.15) is 0 Å². The van der Waals surface area contributed by atoms with Crippen molar-refractivity contribution < 1.29 is 18.3 Å². The number of hydrogen-bond acceptors (Lipinski definition) is 3. The van der Waals surface area contributed by atoms with Gasteiger partial charge in [-0.15, -0.1) is 0 Å². The van der Waals surface area contributed by atoms with E-state index in [9.17, 15) is 13.6 Å². The number of aromatic nitrogens is 1. The van der Waals surface area contributed by atoms with Gasteiger partial charge < -0.3 is 4.74 Å². The molecule has 0 saturated carbocycles. The van der Waals surface area contributed by atoms with Crippen molar-refractivity contribution in [2.24, 2.45) is 0 Å². The molecule has 7 heteroatoms. The van der Waals surface area contributed by atoms with Gasteiger partial charge in [-0.25, -0.2) is 8.78 Å². The van der Waals surface area contributed by atoms with Crippen molar-refractivity contribution in [3.63, 3.8) is 0 Å². The highest BCUT2D eigenvalue weighted by Crippen LogP contribution is 2.32. The molecule has 1 aromatic rings. The standard InChI is InChI=1S/C10H9BrClF2NO2/c1-2-17-7(16)3-5-8(11)6(12)4-15-9(5)10(13)14/h4,10H,2-3H2,1H3. The summed E-state index contributed by atoms with van der Waals surface area (Å²) in [7, 11) is 0. The highest BCUT2D eigenvalue weighted by Gasteiger charge is 2.21. The fourth-order valence-corrected chi connectivity index (χ4v) is 1.84. The molecule has 1 rings (SSSR count). The van der Waals surface area contributed by atoms with Crippen LogP contribution in [0.4, 0.5) is 8.78 Å². The normalized spacial score (nSPS) is 10.7. The molecule has 0 atom stereocenters. The molecule has 0 bridgehead atoms. The molecule has 1 heterocycles. The molecule has 0 aromatic carbocycles. The zero-order chi connectivity index (χ0) is 13.0. The quantitative estimate of drug-likeness (QED) is 0.794. The second kappa shape index (κ2) is 6.26. The van der Waals surface area contributed by atoms with Crippen LogP contribution in [-0.2, 0) is 16.0 Å². The predicted molar refractivity (Wildman–Crippen MR) is 62.2 cm³/mol. The molecule has 0 radical (unpaired) electrons. The lowest BCUT2D eigenvalue weighted by atomic mass is 10.1. The number of esters is 1. The number of pyridine rings is 1. The van der Waals surface area contributed by atoms with Gasteiger partial charge in [-0.05, 0) is 22.9 Å². The van der Waals surface area contributed by atoms with E-state index in [1.54, 1.807) is 6.92 Å². The van der Waals surface area contributed by atoms with Gasteiger partial charge in [0.15, 0.2) is 0 Å². The summed E-state index contributed by atoms with van der Waals surface area (Å²) in [5, 5.41) is 0.175. The minimum Gasteiger partial charge on any atom is -0.466 e. The van der Waals surface area contributed by atoms with Crippen LogP contribution in [0.1, 0.15) is 24.6 Å². The van der Waals surface area contributed by atoms with E-state index in [0.29, 0.717) is 0 Å². The van der Waals surface area contributed by atoms with E-state index in [-0.39, 0.29) is 28.1 Å². The fraction of sp³-hybridized carbons (Fsp3) is 0.400. The number of carbonyl (C=O) groups excluding carboxylic acids is 1. The molecule has 1 aromatic heterocycles. The summed E-state index contributed by atoms with van der Waals surface area (Å²) in [5.41, 5.74) is -0.403. The lowest BCUT2D eigenvalue weighted by Gasteiger charge is -2.10. The van der Waals surface area contributed by atoms with Crippen molar-refractivity contribution >= 4 is 33.5 Å². The number of nitrogens with zero attached hydrogens (tertiary/aromatic N) is 1. The first-order valence-electron chi connectivity index (χ1n) is 4.73. The number of alkyl halides is 2. The molecule has 0 aliphatic carbocycles. The van der Waals surface area contributed by atoms with Gasteiger partial charge in [0.25, 0.3) is 6.43 Å². The first-order valence-corrected chi connectivity index (χ1v) is 5.91. The van der Waals surface area contributed by atoms with E-state index >= 15 is 0 Å². The van der Waals surface area contributed by atoms with Crippen molar-refractivity contribution in [2.75, 3.05) is 6.61 Å². The average molecular weight is 329 g/mol. The van der Waals surface area contributed by atoms with Crippen molar-refractivity contribution in [1.29, 1.82) is 0 Å². The van der Waals surface area contributed by atoms with Gasteiger partial charge in [0.1, 0.15) is 5.69 Å². The molecule has 17 heavy (non-hydrogen) atoms. The van der Waals surface area contributed by atoms with Crippen LogP contribution in [0.2, 0.25) is 5.02 Å². The Labute approximate surface area is 110 Å². The highest BCUT2D eigenvalue weighted by atomic mass is 79.9. The summed E-state index contributed by atoms with van der Waals surface area (Å²) in [5.74, 6) is -0.598. The molecule has 0 aliphatic rings. The summed E-state index contributed by atoms with van der Waals surface area (Å²) in [6.45, 7) is 1.83. The predicted octanol–water partition coefficient (Wildman–Crippen LogP) is 3.54. The zero-order valence-corrected chi connectivity index (χ0v) is 11.2. The van der Waals surface area contributed by atoms with Gasteiger partial charge in [0, 0.05) is 16.2 Å². The zero-order valence-electron chi connectivity index (χ0n) is 8.84. The smallest absolute Gasteiger partial charge is 0.310 e. The topological polar surface area (TPSA) is 39.2 Å². The number of hydrogen-bond donors (Lipinski definition) is 0. The number of carbonyl (C=O) groups is 1. The van der Waals surface area contributed by atoms with E-state index in [4.69, 9.17) is 16.3 Å². The van der Waals surface area contributed by atoms with Gasteiger partial charge >= 0.3 is 5.97 Å². The van der Waals surface area contributed by atoms with Crippen molar-refractivity contribution in [2.45, 2.75) is 19.8 Å². The third-order valence-corrected chi connectivity index (χ3v) is 3.35. The maximum Gasteiger partial charge on any atom is 0.310 e. The Balaban J connectivity index is 3.10. The van der Waals surface area contributed by atoms with Crippen LogP contribution in [0.3, 0.4) is 0 Å². The second-order valence-corrected chi connectivity index (χ2v) is 4.27. The molecule has 0 fully saturated rings. The second-order valence-electron chi connectivity index (χ2n) is 3.07. The summed E-state index contributed by atoms with van der Waals surface area (Å²) >= 11 is 8.81. The van der Waals surface area contributed by atoms with Gasteiger partial charge in [-0.1, -0.05) is 11.6 Å². The van der Waals surface area contributed by atoms with Gasteiger partial charge in [0.2, 0.25) is 0 Å². The van der Waals surface area contributed by atoms with E-state index in [1.165, 1.54) is 0 Å². The van der Waals surface area contributed by atoms with Crippen LogP contribution in [-0.4, -0.2) is 17.6 Å². The first kappa shape index (κ1) is 14.3. The van der Waals surface area contributed by atoms with Crippen LogP contribution in [0.5, 0.6) is 0 Å². The van der Waals surface area contributed by atoms with Crippen LogP contribution in [0.15, 0.2) is 10.7 Å². The highest BCUT2D eigenvalue weighted by molar-refractivity contribution is 9.10. The van der Waals surface area contributed by atoms with E-state index in [2.05, 4.69) is 20.9 Å². The summed E-state index contributed by atoms with van der Waals surface area (Å²) < 4.78 is 30.3. The van der Waals surface area contributed by atoms with E-state index in [0.717, 1.165) is 6.20 Å². The number of halogens is 4. The molecular weight excluding hydrogens is 319 g/mol. The molecule has 94 valence electrons. The van der Waals surface area contributed by atoms with E-state index < -0.39 is 18.1 Å². The molecule has 0 amide bonds. The van der Waals surface area contributed by atoms with E-state index in [1.807, 2.05) is 0 Å². The van der Waals surface area contributed by atoms with Gasteiger partial charge in [-0.3, -0.25) is 9.78 Å². The largest absolute Gasteiger partial charge is 0.466 e. The Bertz CT molecular complexity index is 429. The minimum atomic E-state index is -2.77. The van der Waals surface area contributed by atoms with Crippen molar-refractivity contribution in [3.8, 4) is 0 Å². The third-order valence-electron chi connectivity index (χ3n) is 1.93. The van der Waals surface area contributed by atoms with Gasteiger partial charge in [0.05, 0.1) is 18.1 Å². The van der Waals surface area contributed by atoms with Crippen molar-refractivity contribution in [1.82, 2.24) is 4.98 Å². The van der Waals surface area contributed by atoms with Crippen molar-refractivity contribution in [3.05, 3.63) is 26.9 Å². The average Bonchev–Trinajstić information content (AvgIpc) is 2.25. The van der Waals surface area contributed by atoms with Crippen LogP contribution in [0.25, 0.3) is 0 Å². The molecule has 0 unspecified atom stereocenters. The van der Waals surface area contributed by atoms with Crippen LogP contribution >= 0.6 is 27.5 Å². The minimum absolute atomic E-state index is 0.0611. The van der Waals surface area contributed by atoms with Crippen LogP contribution < -0.4 is 0 Å². The summed E-state index contributed by atoms with van der Waals surface area (Å²) in [4.78, 5) is 14.8. The monoisotopic (exact) mass is 327 g/mol. The Morgan fingerprint density at radius 3 is 2.82 bits per heavy atom. The Morgan fingerprint density at radius 1 is 1.65 bits per heavy atom.